The lowest BCUT2D eigenvalue weighted by atomic mass is 10.2. The van der Waals surface area contributed by atoms with Gasteiger partial charge in [-0.05, 0) is 30.2 Å². The van der Waals surface area contributed by atoms with Crippen LogP contribution in [0.15, 0.2) is 30.6 Å². The second-order valence-corrected chi connectivity index (χ2v) is 2.57. The van der Waals surface area contributed by atoms with Gasteiger partial charge < -0.3 is 10.7 Å². The first kappa shape index (κ1) is 9.45. The van der Waals surface area contributed by atoms with Crippen LogP contribution in [0.4, 0.5) is 5.82 Å². The fraction of sp³-hybridized carbons (Fsp3) is 0.200. The van der Waals surface area contributed by atoms with Crippen LogP contribution in [0.3, 0.4) is 0 Å². The molecule has 0 bridgehead atoms. The molecule has 0 saturated heterocycles. The van der Waals surface area contributed by atoms with Crippen molar-refractivity contribution in [1.29, 1.82) is 5.41 Å². The zero-order chi connectivity index (χ0) is 9.52. The topological polar surface area (TPSA) is 48.8 Å². The molecule has 0 aliphatic carbocycles. The molecular weight excluding hydrogens is 162 g/mol. The minimum absolute atomic E-state index is 0.817. The van der Waals surface area contributed by atoms with E-state index in [1.54, 1.807) is 18.5 Å². The lowest BCUT2D eigenvalue weighted by Crippen LogP contribution is -1.92. The van der Waals surface area contributed by atoms with E-state index in [4.69, 9.17) is 5.41 Å². The molecular formula is C10H13N3. The minimum Gasteiger partial charge on any atom is -0.347 e. The standard InChI is InChI=1S/C10H13N3/c1-2-9-4-7-13-10(8-9)12-6-3-5-11/h3-8,11H,2H2,1H3,(H,12,13)/b6-3-,11-5?. The molecule has 0 aliphatic heterocycles. The molecule has 0 fully saturated rings. The molecule has 3 nitrogen and oxygen atoms in total. The average Bonchev–Trinajstić information content (AvgIpc) is 2.19. The number of rotatable bonds is 4. The molecule has 2 N–H and O–H groups in total. The second-order valence-electron chi connectivity index (χ2n) is 2.57. The molecule has 0 spiro atoms. The number of hydrogen-bond donors (Lipinski definition) is 2. The summed E-state index contributed by atoms with van der Waals surface area (Å²) < 4.78 is 0. The van der Waals surface area contributed by atoms with Crippen molar-refractivity contribution in [2.24, 2.45) is 0 Å². The maximum absolute atomic E-state index is 6.77. The van der Waals surface area contributed by atoms with Gasteiger partial charge in [-0.25, -0.2) is 4.98 Å². The smallest absolute Gasteiger partial charge is 0.130 e. The molecule has 0 aromatic carbocycles. The van der Waals surface area contributed by atoms with Crippen molar-refractivity contribution in [1.82, 2.24) is 4.98 Å². The number of aromatic nitrogens is 1. The Balaban J connectivity index is 2.66. The van der Waals surface area contributed by atoms with Gasteiger partial charge in [0.2, 0.25) is 0 Å². The number of allylic oxidation sites excluding steroid dienone is 1. The highest BCUT2D eigenvalue weighted by Gasteiger charge is 1.91. The van der Waals surface area contributed by atoms with Gasteiger partial charge in [-0.1, -0.05) is 6.92 Å². The molecule has 68 valence electrons. The first-order valence-corrected chi connectivity index (χ1v) is 4.24. The highest BCUT2D eigenvalue weighted by Crippen LogP contribution is 2.06. The fourth-order valence-corrected chi connectivity index (χ4v) is 0.955. The normalized spacial score (nSPS) is 10.2. The maximum atomic E-state index is 6.77. The van der Waals surface area contributed by atoms with Crippen molar-refractivity contribution < 1.29 is 0 Å². The van der Waals surface area contributed by atoms with Gasteiger partial charge >= 0.3 is 0 Å². The third-order valence-electron chi connectivity index (χ3n) is 1.66. The Morgan fingerprint density at radius 2 is 2.46 bits per heavy atom. The molecule has 3 heteroatoms. The molecule has 1 aromatic heterocycles. The fourth-order valence-electron chi connectivity index (χ4n) is 0.955. The van der Waals surface area contributed by atoms with Crippen LogP contribution in [-0.4, -0.2) is 11.2 Å². The van der Waals surface area contributed by atoms with Gasteiger partial charge in [0, 0.05) is 18.6 Å². The van der Waals surface area contributed by atoms with Crippen molar-refractivity contribution in [2.45, 2.75) is 13.3 Å². The summed E-state index contributed by atoms with van der Waals surface area (Å²) in [4.78, 5) is 4.12. The van der Waals surface area contributed by atoms with E-state index >= 15 is 0 Å². The summed E-state index contributed by atoms with van der Waals surface area (Å²) in [5.74, 6) is 0.817. The van der Waals surface area contributed by atoms with Gasteiger partial charge in [-0.2, -0.15) is 0 Å². The van der Waals surface area contributed by atoms with E-state index in [2.05, 4.69) is 17.2 Å². The molecule has 0 unspecified atom stereocenters. The third kappa shape index (κ3) is 3.07. The maximum Gasteiger partial charge on any atom is 0.130 e. The lowest BCUT2D eigenvalue weighted by Gasteiger charge is -2.00. The first-order chi connectivity index (χ1) is 6.36. The Morgan fingerprint density at radius 1 is 1.62 bits per heavy atom. The number of anilines is 1. The number of hydrogen-bond acceptors (Lipinski definition) is 3. The summed E-state index contributed by atoms with van der Waals surface area (Å²) in [5.41, 5.74) is 1.25. The number of nitrogens with zero attached hydrogens (tertiary/aromatic N) is 1. The molecule has 0 saturated carbocycles. The summed E-state index contributed by atoms with van der Waals surface area (Å²) in [7, 11) is 0. The zero-order valence-corrected chi connectivity index (χ0v) is 7.62. The van der Waals surface area contributed by atoms with Gasteiger partial charge in [0.05, 0.1) is 0 Å². The summed E-state index contributed by atoms with van der Waals surface area (Å²) >= 11 is 0. The molecule has 0 amide bonds. The van der Waals surface area contributed by atoms with Crippen molar-refractivity contribution in [2.75, 3.05) is 5.32 Å². The summed E-state index contributed by atoms with van der Waals surface area (Å²) in [6.45, 7) is 2.10. The van der Waals surface area contributed by atoms with Crippen molar-refractivity contribution >= 4 is 12.0 Å². The van der Waals surface area contributed by atoms with Gasteiger partial charge in [-0.3, -0.25) is 0 Å². The van der Waals surface area contributed by atoms with Crippen LogP contribution in [-0.2, 0) is 6.42 Å². The minimum atomic E-state index is 0.817. The lowest BCUT2D eigenvalue weighted by molar-refractivity contribution is 1.12. The highest BCUT2D eigenvalue weighted by molar-refractivity contribution is 5.68. The SMILES string of the molecule is CCc1ccnc(N/C=C\C=N)c1. The number of aryl methyl sites for hydroxylation is 1. The quantitative estimate of drug-likeness (QED) is 0.689. The van der Waals surface area contributed by atoms with Gasteiger partial charge in [0.25, 0.3) is 0 Å². The Labute approximate surface area is 78.0 Å². The van der Waals surface area contributed by atoms with E-state index in [0.717, 1.165) is 12.2 Å². The monoisotopic (exact) mass is 175 g/mol. The number of pyridine rings is 1. The van der Waals surface area contributed by atoms with E-state index in [1.807, 2.05) is 12.1 Å². The van der Waals surface area contributed by atoms with Gasteiger partial charge in [-0.15, -0.1) is 0 Å². The van der Waals surface area contributed by atoms with Gasteiger partial charge in [0.1, 0.15) is 5.82 Å². The van der Waals surface area contributed by atoms with Crippen LogP contribution in [0.5, 0.6) is 0 Å². The average molecular weight is 175 g/mol. The number of nitrogens with one attached hydrogen (secondary N) is 2. The molecule has 1 aromatic rings. The molecule has 1 heterocycles. The Morgan fingerprint density at radius 3 is 3.15 bits per heavy atom. The third-order valence-corrected chi connectivity index (χ3v) is 1.66. The van der Waals surface area contributed by atoms with Gasteiger partial charge in [0.15, 0.2) is 0 Å². The van der Waals surface area contributed by atoms with Crippen LogP contribution in [0, 0.1) is 5.41 Å². The molecule has 13 heavy (non-hydrogen) atoms. The van der Waals surface area contributed by atoms with Crippen LogP contribution >= 0.6 is 0 Å². The summed E-state index contributed by atoms with van der Waals surface area (Å²) in [6, 6.07) is 3.99. The summed E-state index contributed by atoms with van der Waals surface area (Å²) in [6.07, 6.45) is 7.30. The molecule has 0 aliphatic rings. The Kier molecular flexibility index (Phi) is 3.70. The van der Waals surface area contributed by atoms with Crippen molar-refractivity contribution in [3.8, 4) is 0 Å². The second kappa shape index (κ2) is 5.09. The molecule has 0 radical (unpaired) electrons. The first-order valence-electron chi connectivity index (χ1n) is 4.24. The van der Waals surface area contributed by atoms with E-state index in [-0.39, 0.29) is 0 Å². The Bertz CT molecular complexity index is 305. The largest absolute Gasteiger partial charge is 0.347 e. The van der Waals surface area contributed by atoms with Crippen molar-refractivity contribution in [3.63, 3.8) is 0 Å². The van der Waals surface area contributed by atoms with E-state index in [1.165, 1.54) is 11.8 Å². The van der Waals surface area contributed by atoms with E-state index < -0.39 is 0 Å². The van der Waals surface area contributed by atoms with Crippen molar-refractivity contribution in [3.05, 3.63) is 36.2 Å². The van der Waals surface area contributed by atoms with Crippen LogP contribution in [0.1, 0.15) is 12.5 Å². The predicted molar refractivity (Wildman–Crippen MR) is 55.2 cm³/mol. The predicted octanol–water partition coefficient (Wildman–Crippen LogP) is 2.22. The van der Waals surface area contributed by atoms with E-state index in [9.17, 15) is 0 Å². The summed E-state index contributed by atoms with van der Waals surface area (Å²) in [5, 5.41) is 9.75. The zero-order valence-electron chi connectivity index (χ0n) is 7.62. The van der Waals surface area contributed by atoms with Crippen LogP contribution in [0.2, 0.25) is 0 Å². The van der Waals surface area contributed by atoms with Crippen LogP contribution in [0.25, 0.3) is 0 Å². The Hall–Kier alpha value is -1.64. The van der Waals surface area contributed by atoms with E-state index in [0.29, 0.717) is 0 Å². The molecule has 0 atom stereocenters. The highest BCUT2D eigenvalue weighted by atomic mass is 15.0. The molecule has 1 rings (SSSR count). The van der Waals surface area contributed by atoms with Crippen LogP contribution < -0.4 is 5.32 Å².